The van der Waals surface area contributed by atoms with Crippen molar-refractivity contribution in [2.75, 3.05) is 0 Å². The van der Waals surface area contributed by atoms with E-state index in [1.54, 1.807) is 0 Å². The van der Waals surface area contributed by atoms with Gasteiger partial charge in [-0.1, -0.05) is 40.0 Å². The lowest BCUT2D eigenvalue weighted by atomic mass is 9.98. The molecule has 0 atom stereocenters. The number of aliphatic hydroxyl groups excluding tert-OH is 1. The minimum Gasteiger partial charge on any atom is -0.432 e. The zero-order valence-corrected chi connectivity index (χ0v) is 12.0. The zero-order valence-electron chi connectivity index (χ0n) is 11.0. The molecule has 0 spiro atoms. The molecule has 0 bridgehead atoms. The van der Waals surface area contributed by atoms with Crippen LogP contribution in [-0.4, -0.2) is 24.3 Å². The lowest BCUT2D eigenvalue weighted by Crippen LogP contribution is -2.36. The summed E-state index contributed by atoms with van der Waals surface area (Å²) < 4.78 is 0. The third-order valence-corrected chi connectivity index (χ3v) is 7.08. The summed E-state index contributed by atoms with van der Waals surface area (Å²) in [5.74, 6) is 0. The van der Waals surface area contributed by atoms with E-state index in [0.717, 1.165) is 12.8 Å². The van der Waals surface area contributed by atoms with Crippen LogP contribution in [0.4, 0.5) is 0 Å². The molecule has 0 aromatic carbocycles. The SMILES string of the molecule is CC(C)(C)[Si](C)(C)O.OC1CCCCC1. The second kappa shape index (κ2) is 6.02. The zero-order chi connectivity index (χ0) is 12.1. The molecule has 0 amide bonds. The predicted molar refractivity (Wildman–Crippen MR) is 68.5 cm³/mol. The van der Waals surface area contributed by atoms with Gasteiger partial charge in [0.15, 0.2) is 8.32 Å². The van der Waals surface area contributed by atoms with E-state index in [1.165, 1.54) is 19.3 Å². The third-order valence-electron chi connectivity index (χ3n) is 3.41. The van der Waals surface area contributed by atoms with E-state index in [2.05, 4.69) is 20.8 Å². The molecular formula is C12H28O2Si. The Morgan fingerprint density at radius 1 is 1.00 bits per heavy atom. The molecule has 3 heteroatoms. The van der Waals surface area contributed by atoms with Crippen LogP contribution in [0, 0.1) is 0 Å². The highest BCUT2D eigenvalue weighted by atomic mass is 28.4. The Morgan fingerprint density at radius 2 is 1.33 bits per heavy atom. The molecule has 92 valence electrons. The average molecular weight is 232 g/mol. The molecule has 15 heavy (non-hydrogen) atoms. The monoisotopic (exact) mass is 232 g/mol. The first-order chi connectivity index (χ1) is 6.64. The normalized spacial score (nSPS) is 19.4. The van der Waals surface area contributed by atoms with E-state index in [4.69, 9.17) is 5.11 Å². The van der Waals surface area contributed by atoms with Gasteiger partial charge in [-0.3, -0.25) is 0 Å². The van der Waals surface area contributed by atoms with Gasteiger partial charge in [0, 0.05) is 0 Å². The van der Waals surface area contributed by atoms with E-state index in [-0.39, 0.29) is 11.1 Å². The van der Waals surface area contributed by atoms with E-state index in [1.807, 2.05) is 13.1 Å². The van der Waals surface area contributed by atoms with Gasteiger partial charge in [-0.2, -0.15) is 0 Å². The maximum Gasteiger partial charge on any atom is 0.187 e. The standard InChI is InChI=1S/C6H16OSi.C6H12O/c1-6(2,3)8(4,5)7;7-6-4-2-1-3-5-6/h7H,1-5H3;6-7H,1-5H2. The Hall–Kier alpha value is 0.137. The second-order valence-corrected chi connectivity index (χ2v) is 10.7. The largest absolute Gasteiger partial charge is 0.432 e. The minimum atomic E-state index is -1.86. The van der Waals surface area contributed by atoms with Crippen molar-refractivity contribution in [2.24, 2.45) is 0 Å². The molecule has 2 nitrogen and oxygen atoms in total. The minimum absolute atomic E-state index is 0.0359. The number of rotatable bonds is 0. The Labute approximate surface area is 95.8 Å². The quantitative estimate of drug-likeness (QED) is 0.629. The van der Waals surface area contributed by atoms with Crippen molar-refractivity contribution in [3.05, 3.63) is 0 Å². The van der Waals surface area contributed by atoms with Gasteiger partial charge in [0.1, 0.15) is 0 Å². The molecule has 0 aliphatic heterocycles. The molecule has 1 saturated carbocycles. The molecule has 2 N–H and O–H groups in total. The lowest BCUT2D eigenvalue weighted by molar-refractivity contribution is 0.130. The first-order valence-corrected chi connectivity index (χ1v) is 9.00. The Kier molecular flexibility index (Phi) is 6.07. The van der Waals surface area contributed by atoms with Crippen LogP contribution in [0.1, 0.15) is 52.9 Å². The number of hydrogen-bond acceptors (Lipinski definition) is 2. The summed E-state index contributed by atoms with van der Waals surface area (Å²) in [7, 11) is -1.86. The average Bonchev–Trinajstić information content (AvgIpc) is 2.02. The van der Waals surface area contributed by atoms with Crippen LogP contribution in [0.25, 0.3) is 0 Å². The van der Waals surface area contributed by atoms with Crippen LogP contribution in [0.5, 0.6) is 0 Å². The van der Waals surface area contributed by atoms with Crippen molar-refractivity contribution in [1.82, 2.24) is 0 Å². The van der Waals surface area contributed by atoms with Crippen molar-refractivity contribution in [3.8, 4) is 0 Å². The Morgan fingerprint density at radius 3 is 1.47 bits per heavy atom. The molecule has 1 rings (SSSR count). The van der Waals surface area contributed by atoms with Crippen LogP contribution in [0.15, 0.2) is 0 Å². The molecule has 1 aliphatic rings. The van der Waals surface area contributed by atoms with Crippen LogP contribution in [0.2, 0.25) is 18.1 Å². The fourth-order valence-electron chi connectivity index (χ4n) is 1.08. The summed E-state index contributed by atoms with van der Waals surface area (Å²) in [6, 6.07) is 0. The molecule has 0 heterocycles. The highest BCUT2D eigenvalue weighted by Crippen LogP contribution is 2.33. The van der Waals surface area contributed by atoms with Gasteiger partial charge in [0.05, 0.1) is 6.10 Å². The highest BCUT2D eigenvalue weighted by Gasteiger charge is 2.32. The van der Waals surface area contributed by atoms with Crippen molar-refractivity contribution >= 4 is 8.32 Å². The van der Waals surface area contributed by atoms with E-state index >= 15 is 0 Å². The number of aliphatic hydroxyl groups is 1. The molecule has 0 aromatic rings. The molecule has 0 unspecified atom stereocenters. The van der Waals surface area contributed by atoms with Gasteiger partial charge < -0.3 is 9.90 Å². The van der Waals surface area contributed by atoms with Gasteiger partial charge >= 0.3 is 0 Å². The molecule has 0 saturated heterocycles. The summed E-state index contributed by atoms with van der Waals surface area (Å²) in [6.07, 6.45) is 5.92. The highest BCUT2D eigenvalue weighted by molar-refractivity contribution is 6.72. The van der Waals surface area contributed by atoms with Crippen LogP contribution in [-0.2, 0) is 0 Å². The first kappa shape index (κ1) is 15.1. The maximum atomic E-state index is 9.49. The van der Waals surface area contributed by atoms with Gasteiger partial charge in [0.2, 0.25) is 0 Å². The van der Waals surface area contributed by atoms with Gasteiger partial charge in [-0.25, -0.2) is 0 Å². The molecule has 0 radical (unpaired) electrons. The van der Waals surface area contributed by atoms with Crippen LogP contribution < -0.4 is 0 Å². The van der Waals surface area contributed by atoms with Crippen molar-refractivity contribution < 1.29 is 9.90 Å². The topological polar surface area (TPSA) is 40.5 Å². The van der Waals surface area contributed by atoms with Crippen LogP contribution >= 0.6 is 0 Å². The van der Waals surface area contributed by atoms with Crippen molar-refractivity contribution in [3.63, 3.8) is 0 Å². The molecular weight excluding hydrogens is 204 g/mol. The number of hydrogen-bond donors (Lipinski definition) is 2. The van der Waals surface area contributed by atoms with Gasteiger partial charge in [0.25, 0.3) is 0 Å². The molecule has 1 aliphatic carbocycles. The van der Waals surface area contributed by atoms with E-state index < -0.39 is 8.32 Å². The summed E-state index contributed by atoms with van der Waals surface area (Å²) in [6.45, 7) is 10.2. The molecule has 0 aromatic heterocycles. The lowest BCUT2D eigenvalue weighted by Gasteiger charge is -2.30. The summed E-state index contributed by atoms with van der Waals surface area (Å²) in [4.78, 5) is 9.49. The summed E-state index contributed by atoms with van der Waals surface area (Å²) in [5, 5.41) is 9.04. The fourth-order valence-corrected chi connectivity index (χ4v) is 1.08. The van der Waals surface area contributed by atoms with E-state index in [9.17, 15) is 4.80 Å². The van der Waals surface area contributed by atoms with Gasteiger partial charge in [-0.15, -0.1) is 0 Å². The summed E-state index contributed by atoms with van der Waals surface area (Å²) >= 11 is 0. The summed E-state index contributed by atoms with van der Waals surface area (Å²) in [5.41, 5.74) is 0. The van der Waals surface area contributed by atoms with Crippen LogP contribution in [0.3, 0.4) is 0 Å². The first-order valence-electron chi connectivity index (χ1n) is 6.05. The maximum absolute atomic E-state index is 9.49. The Bertz CT molecular complexity index is 149. The smallest absolute Gasteiger partial charge is 0.187 e. The van der Waals surface area contributed by atoms with E-state index in [0.29, 0.717) is 0 Å². The predicted octanol–water partition coefficient (Wildman–Crippen LogP) is 3.30. The Balaban J connectivity index is 0.000000262. The third kappa shape index (κ3) is 7.09. The van der Waals surface area contributed by atoms with Crippen molar-refractivity contribution in [2.45, 2.75) is 77.1 Å². The molecule has 1 fully saturated rings. The van der Waals surface area contributed by atoms with Gasteiger partial charge in [-0.05, 0) is 31.0 Å². The fraction of sp³-hybridized carbons (Fsp3) is 1.00. The second-order valence-electron chi connectivity index (χ2n) is 6.10. The van der Waals surface area contributed by atoms with Crippen molar-refractivity contribution in [1.29, 1.82) is 0 Å².